The van der Waals surface area contributed by atoms with Crippen LogP contribution in [0.15, 0.2) is 47.8 Å². The topological polar surface area (TPSA) is 32.3 Å². The van der Waals surface area contributed by atoms with Crippen LogP contribution in [0.5, 0.6) is 0 Å². The van der Waals surface area contributed by atoms with Crippen molar-refractivity contribution in [3.8, 4) is 0 Å². The minimum absolute atomic E-state index is 0.127. The largest absolute Gasteiger partial charge is 0.350 e. The van der Waals surface area contributed by atoms with Gasteiger partial charge in [-0.15, -0.1) is 11.3 Å². The second-order valence-electron chi connectivity index (χ2n) is 5.84. The molecule has 2 heterocycles. The van der Waals surface area contributed by atoms with Crippen LogP contribution in [0.1, 0.15) is 29.2 Å². The number of benzene rings is 1. The predicted molar refractivity (Wildman–Crippen MR) is 91.0 cm³/mol. The Balaban J connectivity index is 1.48. The Labute approximate surface area is 136 Å². The molecule has 1 aromatic carbocycles. The zero-order chi connectivity index (χ0) is 15.2. The monoisotopic (exact) mass is 314 g/mol. The van der Waals surface area contributed by atoms with E-state index in [9.17, 15) is 4.79 Å². The summed E-state index contributed by atoms with van der Waals surface area (Å²) in [5.41, 5.74) is 1.39. The highest BCUT2D eigenvalue weighted by Crippen LogP contribution is 2.26. The molecule has 0 aliphatic carbocycles. The number of thiophene rings is 1. The van der Waals surface area contributed by atoms with Crippen molar-refractivity contribution >= 4 is 17.2 Å². The lowest BCUT2D eigenvalue weighted by Crippen LogP contribution is -2.41. The molecular weight excluding hydrogens is 292 g/mol. The van der Waals surface area contributed by atoms with Gasteiger partial charge in [-0.1, -0.05) is 36.4 Å². The highest BCUT2D eigenvalue weighted by atomic mass is 32.1. The number of carbonyl (C=O) groups excluding carboxylic acids is 1. The number of amides is 1. The van der Waals surface area contributed by atoms with E-state index < -0.39 is 0 Å². The third-order valence-electron chi connectivity index (χ3n) is 4.18. The molecular formula is C18H22N2OS. The fourth-order valence-electron chi connectivity index (χ4n) is 3.05. The van der Waals surface area contributed by atoms with E-state index in [0.29, 0.717) is 19.0 Å². The minimum Gasteiger partial charge on any atom is -0.350 e. The maximum absolute atomic E-state index is 12.1. The average molecular weight is 314 g/mol. The third kappa shape index (κ3) is 4.18. The number of piperidine rings is 1. The SMILES string of the molecule is O=C(CN1CCC[C@H](c2ccccc2)C1)NCc1cccs1. The van der Waals surface area contributed by atoms with E-state index in [1.807, 2.05) is 11.4 Å². The fourth-order valence-corrected chi connectivity index (χ4v) is 3.70. The van der Waals surface area contributed by atoms with E-state index in [4.69, 9.17) is 0 Å². The number of nitrogens with zero attached hydrogens (tertiary/aromatic N) is 1. The Hall–Kier alpha value is -1.65. The molecule has 1 aromatic heterocycles. The zero-order valence-corrected chi connectivity index (χ0v) is 13.5. The molecule has 1 N–H and O–H groups in total. The van der Waals surface area contributed by atoms with Crippen molar-refractivity contribution in [3.63, 3.8) is 0 Å². The summed E-state index contributed by atoms with van der Waals surface area (Å²) in [5, 5.41) is 5.06. The number of rotatable bonds is 5. The summed E-state index contributed by atoms with van der Waals surface area (Å²) in [7, 11) is 0. The Bertz CT molecular complexity index is 582. The molecule has 3 rings (SSSR count). The summed E-state index contributed by atoms with van der Waals surface area (Å²) in [6.07, 6.45) is 2.38. The molecule has 22 heavy (non-hydrogen) atoms. The van der Waals surface area contributed by atoms with Crippen molar-refractivity contribution in [3.05, 3.63) is 58.3 Å². The van der Waals surface area contributed by atoms with Crippen molar-refractivity contribution in [1.82, 2.24) is 10.2 Å². The molecule has 116 valence electrons. The van der Waals surface area contributed by atoms with E-state index in [0.717, 1.165) is 19.5 Å². The Kier molecular flexibility index (Phi) is 5.24. The average Bonchev–Trinajstić information content (AvgIpc) is 3.08. The van der Waals surface area contributed by atoms with Gasteiger partial charge >= 0.3 is 0 Å². The molecule has 0 bridgehead atoms. The molecule has 0 unspecified atom stereocenters. The number of likely N-dealkylation sites (tertiary alicyclic amines) is 1. The van der Waals surface area contributed by atoms with E-state index in [1.165, 1.54) is 16.9 Å². The number of carbonyl (C=O) groups is 1. The van der Waals surface area contributed by atoms with Crippen LogP contribution < -0.4 is 5.32 Å². The quantitative estimate of drug-likeness (QED) is 0.919. The van der Waals surface area contributed by atoms with Gasteiger partial charge in [-0.25, -0.2) is 0 Å². The summed E-state index contributed by atoms with van der Waals surface area (Å²) < 4.78 is 0. The first kappa shape index (κ1) is 15.3. The van der Waals surface area contributed by atoms with Gasteiger partial charge in [0.2, 0.25) is 5.91 Å². The maximum atomic E-state index is 12.1. The van der Waals surface area contributed by atoms with Gasteiger partial charge in [0.15, 0.2) is 0 Å². The summed E-state index contributed by atoms with van der Waals surface area (Å²) in [5.74, 6) is 0.683. The first-order valence-electron chi connectivity index (χ1n) is 7.87. The maximum Gasteiger partial charge on any atom is 0.234 e. The smallest absolute Gasteiger partial charge is 0.234 e. The normalized spacial score (nSPS) is 19.0. The molecule has 4 heteroatoms. The molecule has 1 saturated heterocycles. The van der Waals surface area contributed by atoms with Crippen LogP contribution in [0.25, 0.3) is 0 Å². The lowest BCUT2D eigenvalue weighted by Gasteiger charge is -2.32. The van der Waals surface area contributed by atoms with Gasteiger partial charge in [-0.05, 0) is 42.3 Å². The molecule has 1 aliphatic rings. The van der Waals surface area contributed by atoms with Gasteiger partial charge in [0.1, 0.15) is 0 Å². The van der Waals surface area contributed by atoms with Crippen LogP contribution in [-0.2, 0) is 11.3 Å². The highest BCUT2D eigenvalue weighted by molar-refractivity contribution is 7.09. The van der Waals surface area contributed by atoms with Crippen LogP contribution in [0, 0.1) is 0 Å². The molecule has 0 radical (unpaired) electrons. The minimum atomic E-state index is 0.127. The predicted octanol–water partition coefficient (Wildman–Crippen LogP) is 3.24. The highest BCUT2D eigenvalue weighted by Gasteiger charge is 2.22. The lowest BCUT2D eigenvalue weighted by atomic mass is 9.91. The second-order valence-corrected chi connectivity index (χ2v) is 6.87. The molecule has 0 saturated carbocycles. The summed E-state index contributed by atoms with van der Waals surface area (Å²) in [4.78, 5) is 15.6. The number of nitrogens with one attached hydrogen (secondary N) is 1. The van der Waals surface area contributed by atoms with Gasteiger partial charge in [0.25, 0.3) is 0 Å². The van der Waals surface area contributed by atoms with E-state index in [2.05, 4.69) is 46.6 Å². The molecule has 1 fully saturated rings. The first-order chi connectivity index (χ1) is 10.8. The van der Waals surface area contributed by atoms with Crippen LogP contribution >= 0.6 is 11.3 Å². The van der Waals surface area contributed by atoms with Crippen molar-refractivity contribution < 1.29 is 4.79 Å². The van der Waals surface area contributed by atoms with Crippen molar-refractivity contribution in [2.24, 2.45) is 0 Å². The third-order valence-corrected chi connectivity index (χ3v) is 5.06. The first-order valence-corrected chi connectivity index (χ1v) is 8.75. The fraction of sp³-hybridized carbons (Fsp3) is 0.389. The van der Waals surface area contributed by atoms with E-state index in [1.54, 1.807) is 11.3 Å². The number of hydrogen-bond donors (Lipinski definition) is 1. The van der Waals surface area contributed by atoms with Gasteiger partial charge in [-0.2, -0.15) is 0 Å². The standard InChI is InChI=1S/C18H22N2OS/c21-18(19-12-17-9-5-11-22-17)14-20-10-4-8-16(13-20)15-6-2-1-3-7-15/h1-3,5-7,9,11,16H,4,8,10,12-14H2,(H,19,21)/t16-/m0/s1. The summed E-state index contributed by atoms with van der Waals surface area (Å²) in [6.45, 7) is 3.16. The molecule has 3 nitrogen and oxygen atoms in total. The van der Waals surface area contributed by atoms with Crippen LogP contribution in [-0.4, -0.2) is 30.4 Å². The van der Waals surface area contributed by atoms with Gasteiger partial charge in [-0.3, -0.25) is 9.69 Å². The molecule has 2 aromatic rings. The van der Waals surface area contributed by atoms with Crippen LogP contribution in [0.2, 0.25) is 0 Å². The molecule has 1 amide bonds. The second kappa shape index (κ2) is 7.56. The van der Waals surface area contributed by atoms with Crippen LogP contribution in [0.4, 0.5) is 0 Å². The summed E-state index contributed by atoms with van der Waals surface area (Å²) in [6, 6.07) is 14.7. The van der Waals surface area contributed by atoms with Gasteiger partial charge in [0, 0.05) is 11.4 Å². The lowest BCUT2D eigenvalue weighted by molar-refractivity contribution is -0.122. The zero-order valence-electron chi connectivity index (χ0n) is 12.7. The molecule has 1 aliphatic heterocycles. The van der Waals surface area contributed by atoms with E-state index >= 15 is 0 Å². The van der Waals surface area contributed by atoms with Gasteiger partial charge in [0.05, 0.1) is 13.1 Å². The summed E-state index contributed by atoms with van der Waals surface area (Å²) >= 11 is 1.68. The van der Waals surface area contributed by atoms with Crippen molar-refractivity contribution in [2.45, 2.75) is 25.3 Å². The Morgan fingerprint density at radius 1 is 1.23 bits per heavy atom. The molecule has 0 spiro atoms. The number of hydrogen-bond acceptors (Lipinski definition) is 3. The Morgan fingerprint density at radius 2 is 2.09 bits per heavy atom. The van der Waals surface area contributed by atoms with Crippen LogP contribution in [0.3, 0.4) is 0 Å². The van der Waals surface area contributed by atoms with Crippen molar-refractivity contribution in [1.29, 1.82) is 0 Å². The molecule has 1 atom stereocenters. The Morgan fingerprint density at radius 3 is 2.86 bits per heavy atom. The van der Waals surface area contributed by atoms with Gasteiger partial charge < -0.3 is 5.32 Å². The van der Waals surface area contributed by atoms with E-state index in [-0.39, 0.29) is 5.91 Å². The van der Waals surface area contributed by atoms with Crippen molar-refractivity contribution in [2.75, 3.05) is 19.6 Å².